The number of ether oxygens (including phenoxy) is 2. The van der Waals surface area contributed by atoms with Crippen molar-refractivity contribution in [1.29, 1.82) is 0 Å². The van der Waals surface area contributed by atoms with E-state index in [9.17, 15) is 9.90 Å². The number of allylic oxidation sites excluding steroid dienone is 1. The lowest BCUT2D eigenvalue weighted by atomic mass is 9.84. The Kier molecular flexibility index (Phi) is 5.95. The van der Waals surface area contributed by atoms with E-state index in [1.54, 1.807) is 11.7 Å². The van der Waals surface area contributed by atoms with Gasteiger partial charge >= 0.3 is 11.7 Å². The molecule has 0 aliphatic carbocycles. The molecular weight excluding hydrogens is 258 g/mol. The second kappa shape index (κ2) is 7.24. The summed E-state index contributed by atoms with van der Waals surface area (Å²) in [5, 5.41) is 10.0. The Balaban J connectivity index is 2.94. The van der Waals surface area contributed by atoms with Gasteiger partial charge in [0.1, 0.15) is 6.72 Å². The summed E-state index contributed by atoms with van der Waals surface area (Å²) in [6.45, 7) is 10.4. The number of aliphatic hydroxyl groups excluding tert-OH is 1. The van der Waals surface area contributed by atoms with Gasteiger partial charge in [0.2, 0.25) is 0 Å². The summed E-state index contributed by atoms with van der Waals surface area (Å²) in [5.74, 6) is -0.0708. The van der Waals surface area contributed by atoms with Crippen LogP contribution in [0.5, 0.6) is 0 Å². The van der Waals surface area contributed by atoms with Gasteiger partial charge in [-0.2, -0.15) is 4.58 Å². The number of aliphatic hydroxyl groups is 1. The summed E-state index contributed by atoms with van der Waals surface area (Å²) in [7, 11) is 2.95. The SMILES string of the molecule is C=CC[C@H]([C@H](C)COC)[C@@H]1CC(O)=C(C(=O)OC)[N+]1=C. The van der Waals surface area contributed by atoms with Crippen molar-refractivity contribution in [3.8, 4) is 0 Å². The average molecular weight is 282 g/mol. The molecule has 1 aliphatic heterocycles. The van der Waals surface area contributed by atoms with E-state index in [1.807, 2.05) is 6.08 Å². The van der Waals surface area contributed by atoms with Gasteiger partial charge in [-0.25, -0.2) is 4.79 Å². The minimum atomic E-state index is -0.559. The van der Waals surface area contributed by atoms with E-state index in [0.29, 0.717) is 13.0 Å². The lowest BCUT2D eigenvalue weighted by Crippen LogP contribution is -2.35. The maximum Gasteiger partial charge on any atom is 0.407 e. The number of esters is 1. The summed E-state index contributed by atoms with van der Waals surface area (Å²) in [6, 6.07) is -0.0627. The van der Waals surface area contributed by atoms with Crippen molar-refractivity contribution >= 4 is 12.7 Å². The molecule has 5 nitrogen and oxygen atoms in total. The molecule has 1 heterocycles. The molecular formula is C15H24NO4+. The van der Waals surface area contributed by atoms with Crippen LogP contribution in [0.2, 0.25) is 0 Å². The third-order valence-corrected chi connectivity index (χ3v) is 3.84. The number of hydrogen-bond donors (Lipinski definition) is 1. The summed E-state index contributed by atoms with van der Waals surface area (Å²) in [6.07, 6.45) is 3.00. The van der Waals surface area contributed by atoms with Gasteiger partial charge < -0.3 is 14.6 Å². The molecule has 0 saturated carbocycles. The van der Waals surface area contributed by atoms with Crippen LogP contribution in [0.25, 0.3) is 0 Å². The molecule has 5 heteroatoms. The van der Waals surface area contributed by atoms with E-state index < -0.39 is 5.97 Å². The van der Waals surface area contributed by atoms with E-state index in [0.717, 1.165) is 6.42 Å². The van der Waals surface area contributed by atoms with Gasteiger partial charge in [-0.15, -0.1) is 6.58 Å². The third kappa shape index (κ3) is 3.28. The number of rotatable bonds is 7. The predicted octanol–water partition coefficient (Wildman–Crippen LogP) is 1.89. The molecule has 0 radical (unpaired) electrons. The Morgan fingerprint density at radius 1 is 1.60 bits per heavy atom. The van der Waals surface area contributed by atoms with Crippen LogP contribution in [-0.4, -0.2) is 49.2 Å². The number of hydrogen-bond acceptors (Lipinski definition) is 4. The Labute approximate surface area is 120 Å². The zero-order valence-corrected chi connectivity index (χ0v) is 12.5. The number of methoxy groups -OCH3 is 2. The maximum absolute atomic E-state index is 11.7. The molecule has 1 aliphatic rings. The quantitative estimate of drug-likeness (QED) is 0.440. The second-order valence-electron chi connectivity index (χ2n) is 5.15. The molecule has 1 N–H and O–H groups in total. The number of carbonyl (C=O) groups is 1. The highest BCUT2D eigenvalue weighted by Crippen LogP contribution is 2.33. The first-order valence-corrected chi connectivity index (χ1v) is 6.67. The molecule has 0 aromatic rings. The standard InChI is InChI=1S/C15H23NO4/c1-6-7-11(10(2)9-19-4)12-8-13(17)14(16(12)3)15(18)20-5/h6,10-12H,1,3,7-9H2,2,4-5H3/p+1/t10-,11-,12+/m1/s1. The fraction of sp³-hybridized carbons (Fsp3) is 0.600. The predicted molar refractivity (Wildman–Crippen MR) is 76.8 cm³/mol. The van der Waals surface area contributed by atoms with Crippen molar-refractivity contribution in [2.24, 2.45) is 11.8 Å². The first-order valence-electron chi connectivity index (χ1n) is 6.67. The minimum Gasteiger partial charge on any atom is -0.506 e. The van der Waals surface area contributed by atoms with Crippen LogP contribution in [0.3, 0.4) is 0 Å². The third-order valence-electron chi connectivity index (χ3n) is 3.84. The first-order chi connectivity index (χ1) is 9.47. The normalized spacial score (nSPS) is 21.8. The highest BCUT2D eigenvalue weighted by atomic mass is 16.5. The molecule has 0 unspecified atom stereocenters. The molecule has 112 valence electrons. The summed E-state index contributed by atoms with van der Waals surface area (Å²) in [5.41, 5.74) is 0.149. The molecule has 0 spiro atoms. The van der Waals surface area contributed by atoms with Crippen LogP contribution in [0.15, 0.2) is 24.1 Å². The van der Waals surface area contributed by atoms with Gasteiger partial charge in [0.25, 0.3) is 0 Å². The van der Waals surface area contributed by atoms with Gasteiger partial charge in [0.15, 0.2) is 11.8 Å². The van der Waals surface area contributed by atoms with E-state index in [-0.39, 0.29) is 29.3 Å². The topological polar surface area (TPSA) is 58.8 Å². The zero-order chi connectivity index (χ0) is 15.3. The van der Waals surface area contributed by atoms with Crippen LogP contribution < -0.4 is 0 Å². The molecule has 0 saturated heterocycles. The molecule has 0 fully saturated rings. The van der Waals surface area contributed by atoms with Crippen LogP contribution in [0.1, 0.15) is 19.8 Å². The number of carbonyl (C=O) groups excluding carboxylic acids is 1. The Morgan fingerprint density at radius 3 is 2.75 bits per heavy atom. The molecule has 3 atom stereocenters. The van der Waals surface area contributed by atoms with Crippen LogP contribution >= 0.6 is 0 Å². The van der Waals surface area contributed by atoms with Crippen molar-refractivity contribution in [3.05, 3.63) is 24.1 Å². The Morgan fingerprint density at radius 2 is 2.25 bits per heavy atom. The van der Waals surface area contributed by atoms with Crippen molar-refractivity contribution in [2.45, 2.75) is 25.8 Å². The van der Waals surface area contributed by atoms with Gasteiger partial charge in [-0.1, -0.05) is 13.0 Å². The molecule has 0 bridgehead atoms. The van der Waals surface area contributed by atoms with Crippen molar-refractivity contribution in [3.63, 3.8) is 0 Å². The monoisotopic (exact) mass is 282 g/mol. The van der Waals surface area contributed by atoms with Gasteiger partial charge in [0.05, 0.1) is 13.5 Å². The van der Waals surface area contributed by atoms with Crippen LogP contribution in [-0.2, 0) is 14.3 Å². The first kappa shape index (κ1) is 16.4. The lowest BCUT2D eigenvalue weighted by molar-refractivity contribution is -0.507. The van der Waals surface area contributed by atoms with Crippen LogP contribution in [0, 0.1) is 11.8 Å². The highest BCUT2D eigenvalue weighted by Gasteiger charge is 2.46. The largest absolute Gasteiger partial charge is 0.506 e. The van der Waals surface area contributed by atoms with E-state index in [4.69, 9.17) is 4.74 Å². The van der Waals surface area contributed by atoms with Crippen molar-refractivity contribution < 1.29 is 24.0 Å². The summed E-state index contributed by atoms with van der Waals surface area (Å²) >= 11 is 0. The molecule has 1 rings (SSSR count). The Hall–Kier alpha value is -1.62. The number of nitrogens with zero attached hydrogens (tertiary/aromatic N) is 1. The minimum absolute atomic E-state index is 0.0375. The zero-order valence-electron chi connectivity index (χ0n) is 12.5. The summed E-state index contributed by atoms with van der Waals surface area (Å²) < 4.78 is 11.5. The molecule has 0 aromatic carbocycles. The average Bonchev–Trinajstić information content (AvgIpc) is 2.70. The van der Waals surface area contributed by atoms with E-state index in [1.165, 1.54) is 7.11 Å². The fourth-order valence-corrected chi connectivity index (χ4v) is 2.80. The van der Waals surface area contributed by atoms with Crippen molar-refractivity contribution in [1.82, 2.24) is 0 Å². The van der Waals surface area contributed by atoms with E-state index in [2.05, 4.69) is 25.0 Å². The van der Waals surface area contributed by atoms with Gasteiger partial charge in [0, 0.05) is 19.6 Å². The van der Waals surface area contributed by atoms with Gasteiger partial charge in [-0.05, 0) is 12.3 Å². The van der Waals surface area contributed by atoms with Crippen molar-refractivity contribution in [2.75, 3.05) is 20.8 Å². The Bertz CT molecular complexity index is 428. The molecule has 0 amide bonds. The lowest BCUT2D eigenvalue weighted by Gasteiger charge is -2.25. The van der Waals surface area contributed by atoms with Crippen LogP contribution in [0.4, 0.5) is 0 Å². The second-order valence-corrected chi connectivity index (χ2v) is 5.15. The summed E-state index contributed by atoms with van der Waals surface area (Å²) in [4.78, 5) is 11.7. The molecule has 0 aromatic heterocycles. The smallest absolute Gasteiger partial charge is 0.407 e. The highest BCUT2D eigenvalue weighted by molar-refractivity contribution is 5.86. The van der Waals surface area contributed by atoms with E-state index >= 15 is 0 Å². The molecule has 20 heavy (non-hydrogen) atoms. The fourth-order valence-electron chi connectivity index (χ4n) is 2.80. The van der Waals surface area contributed by atoms with Gasteiger partial charge in [-0.3, -0.25) is 0 Å². The maximum atomic E-state index is 11.7.